The molecule has 1 fully saturated rings. The number of rotatable bonds is 4. The molecule has 120 valence electrons. The highest BCUT2D eigenvalue weighted by Gasteiger charge is 2.30. The van der Waals surface area contributed by atoms with Crippen LogP contribution in [0.5, 0.6) is 0 Å². The maximum absolute atomic E-state index is 12.7. The summed E-state index contributed by atoms with van der Waals surface area (Å²) in [6.07, 6.45) is 2.53. The maximum Gasteiger partial charge on any atom is 0.320 e. The van der Waals surface area contributed by atoms with Crippen LogP contribution in [0.2, 0.25) is 0 Å². The predicted octanol–water partition coefficient (Wildman–Crippen LogP) is 1.49. The van der Waals surface area contributed by atoms with Gasteiger partial charge in [0, 0.05) is 38.3 Å². The van der Waals surface area contributed by atoms with Crippen molar-refractivity contribution >= 4 is 12.0 Å². The van der Waals surface area contributed by atoms with Gasteiger partial charge < -0.3 is 14.9 Å². The van der Waals surface area contributed by atoms with Crippen LogP contribution in [0.3, 0.4) is 0 Å². The summed E-state index contributed by atoms with van der Waals surface area (Å²) < 4.78 is 0. The summed E-state index contributed by atoms with van der Waals surface area (Å²) >= 11 is 0. The number of urea groups is 1. The highest BCUT2D eigenvalue weighted by Crippen LogP contribution is 2.17. The fraction of sp³-hybridized carbons (Fsp3) is 0.733. The van der Waals surface area contributed by atoms with Gasteiger partial charge in [-0.05, 0) is 27.2 Å². The molecule has 1 rings (SSSR count). The Morgan fingerprint density at radius 1 is 1.24 bits per heavy atom. The van der Waals surface area contributed by atoms with Crippen LogP contribution >= 0.6 is 0 Å². The molecule has 0 saturated carbocycles. The van der Waals surface area contributed by atoms with E-state index in [0.29, 0.717) is 32.7 Å². The SMILES string of the molecule is C=CCN(C(=O)N1CCCN(CC(=O)O)CC1)C(C)(C)C. The van der Waals surface area contributed by atoms with Crippen LogP contribution in [-0.4, -0.2) is 76.6 Å². The van der Waals surface area contributed by atoms with Gasteiger partial charge >= 0.3 is 12.0 Å². The fourth-order valence-electron chi connectivity index (χ4n) is 2.45. The summed E-state index contributed by atoms with van der Waals surface area (Å²) in [4.78, 5) is 29.0. The molecule has 6 heteroatoms. The molecule has 1 aliphatic rings. The Labute approximate surface area is 127 Å². The van der Waals surface area contributed by atoms with E-state index in [0.717, 1.165) is 6.42 Å². The number of carbonyl (C=O) groups excluding carboxylic acids is 1. The monoisotopic (exact) mass is 297 g/mol. The van der Waals surface area contributed by atoms with Crippen LogP contribution in [-0.2, 0) is 4.79 Å². The van der Waals surface area contributed by atoms with Gasteiger partial charge in [-0.1, -0.05) is 6.08 Å². The molecule has 1 aliphatic heterocycles. The van der Waals surface area contributed by atoms with Crippen LogP contribution in [0.25, 0.3) is 0 Å². The minimum absolute atomic E-state index is 0.000394. The number of carboxylic acids is 1. The second kappa shape index (κ2) is 7.45. The van der Waals surface area contributed by atoms with E-state index in [-0.39, 0.29) is 18.1 Å². The molecule has 21 heavy (non-hydrogen) atoms. The fourth-order valence-corrected chi connectivity index (χ4v) is 2.45. The van der Waals surface area contributed by atoms with Gasteiger partial charge in [-0.2, -0.15) is 0 Å². The third kappa shape index (κ3) is 5.38. The lowest BCUT2D eigenvalue weighted by Crippen LogP contribution is -2.52. The first-order chi connectivity index (χ1) is 9.75. The van der Waals surface area contributed by atoms with Crippen molar-refractivity contribution < 1.29 is 14.7 Å². The molecule has 0 aliphatic carbocycles. The molecule has 0 unspecified atom stereocenters. The molecule has 1 saturated heterocycles. The number of carboxylic acid groups (broad SMARTS) is 1. The van der Waals surface area contributed by atoms with Crippen LogP contribution in [0.4, 0.5) is 4.79 Å². The molecule has 0 bridgehead atoms. The normalized spacial score (nSPS) is 17.2. The Morgan fingerprint density at radius 3 is 2.43 bits per heavy atom. The first-order valence-corrected chi connectivity index (χ1v) is 7.37. The van der Waals surface area contributed by atoms with Crippen molar-refractivity contribution in [1.29, 1.82) is 0 Å². The van der Waals surface area contributed by atoms with Gasteiger partial charge in [-0.15, -0.1) is 6.58 Å². The van der Waals surface area contributed by atoms with Crippen molar-refractivity contribution in [2.75, 3.05) is 39.3 Å². The van der Waals surface area contributed by atoms with Crippen LogP contribution in [0.15, 0.2) is 12.7 Å². The van der Waals surface area contributed by atoms with E-state index in [9.17, 15) is 9.59 Å². The van der Waals surface area contributed by atoms with Crippen molar-refractivity contribution in [3.05, 3.63) is 12.7 Å². The lowest BCUT2D eigenvalue weighted by atomic mass is 10.1. The maximum atomic E-state index is 12.7. The Morgan fingerprint density at radius 2 is 1.90 bits per heavy atom. The first-order valence-electron chi connectivity index (χ1n) is 7.37. The molecular formula is C15H27N3O3. The van der Waals surface area contributed by atoms with Gasteiger partial charge in [-0.3, -0.25) is 9.69 Å². The third-order valence-corrected chi connectivity index (χ3v) is 3.57. The van der Waals surface area contributed by atoms with Crippen molar-refractivity contribution in [2.45, 2.75) is 32.7 Å². The Hall–Kier alpha value is -1.56. The summed E-state index contributed by atoms with van der Waals surface area (Å²) in [5.41, 5.74) is -0.266. The van der Waals surface area contributed by atoms with E-state index in [1.807, 2.05) is 30.6 Å². The minimum Gasteiger partial charge on any atom is -0.480 e. The van der Waals surface area contributed by atoms with Crippen molar-refractivity contribution in [3.63, 3.8) is 0 Å². The van der Waals surface area contributed by atoms with E-state index in [1.165, 1.54) is 0 Å². The molecule has 2 amide bonds. The second-order valence-corrected chi connectivity index (χ2v) is 6.36. The largest absolute Gasteiger partial charge is 0.480 e. The summed E-state index contributed by atoms with van der Waals surface area (Å²) in [5.74, 6) is -0.822. The molecular weight excluding hydrogens is 270 g/mol. The highest BCUT2D eigenvalue weighted by atomic mass is 16.4. The van der Waals surface area contributed by atoms with Gasteiger partial charge in [0.15, 0.2) is 0 Å². The third-order valence-electron chi connectivity index (χ3n) is 3.57. The summed E-state index contributed by atoms with van der Waals surface area (Å²) in [7, 11) is 0. The smallest absolute Gasteiger partial charge is 0.320 e. The zero-order valence-electron chi connectivity index (χ0n) is 13.3. The predicted molar refractivity (Wildman–Crippen MR) is 82.3 cm³/mol. The van der Waals surface area contributed by atoms with E-state index >= 15 is 0 Å². The quantitative estimate of drug-likeness (QED) is 0.798. The van der Waals surface area contributed by atoms with Crippen LogP contribution in [0.1, 0.15) is 27.2 Å². The summed E-state index contributed by atoms with van der Waals surface area (Å²) in [5, 5.41) is 8.86. The van der Waals surface area contributed by atoms with Gasteiger partial charge in [0.2, 0.25) is 0 Å². The average Bonchev–Trinajstić information content (AvgIpc) is 2.58. The van der Waals surface area contributed by atoms with Crippen LogP contribution in [0, 0.1) is 0 Å². The lowest BCUT2D eigenvalue weighted by Gasteiger charge is -2.38. The first kappa shape index (κ1) is 17.5. The van der Waals surface area contributed by atoms with E-state index in [2.05, 4.69) is 6.58 Å². The Balaban J connectivity index is 2.69. The molecule has 1 N–H and O–H groups in total. The van der Waals surface area contributed by atoms with E-state index in [1.54, 1.807) is 11.0 Å². The topological polar surface area (TPSA) is 64.1 Å². The summed E-state index contributed by atoms with van der Waals surface area (Å²) in [6.45, 7) is 12.8. The summed E-state index contributed by atoms with van der Waals surface area (Å²) in [6, 6.07) is -0.000394. The lowest BCUT2D eigenvalue weighted by molar-refractivity contribution is -0.138. The standard InChI is InChI=1S/C15H27N3O3/c1-5-7-18(15(2,3)4)14(21)17-9-6-8-16(10-11-17)12-13(19)20/h5H,1,6-12H2,2-4H3,(H,19,20). The molecule has 0 aromatic rings. The van der Waals surface area contributed by atoms with Crippen LogP contribution < -0.4 is 0 Å². The number of amides is 2. The van der Waals surface area contributed by atoms with Crippen molar-refractivity contribution in [1.82, 2.24) is 14.7 Å². The number of aliphatic carboxylic acids is 1. The number of hydrogen-bond donors (Lipinski definition) is 1. The molecule has 1 heterocycles. The molecule has 0 spiro atoms. The number of nitrogens with zero attached hydrogens (tertiary/aromatic N) is 3. The Bertz CT molecular complexity index is 390. The van der Waals surface area contributed by atoms with Crippen molar-refractivity contribution in [3.8, 4) is 0 Å². The second-order valence-electron chi connectivity index (χ2n) is 6.36. The van der Waals surface area contributed by atoms with Gasteiger partial charge in [0.1, 0.15) is 0 Å². The molecule has 0 radical (unpaired) electrons. The Kier molecular flexibility index (Phi) is 6.20. The zero-order valence-corrected chi connectivity index (χ0v) is 13.3. The van der Waals surface area contributed by atoms with Crippen molar-refractivity contribution in [2.24, 2.45) is 0 Å². The van der Waals surface area contributed by atoms with E-state index in [4.69, 9.17) is 5.11 Å². The molecule has 0 aromatic carbocycles. The zero-order chi connectivity index (χ0) is 16.0. The van der Waals surface area contributed by atoms with Gasteiger partial charge in [0.05, 0.1) is 6.54 Å². The molecule has 6 nitrogen and oxygen atoms in total. The van der Waals surface area contributed by atoms with E-state index < -0.39 is 5.97 Å². The molecule has 0 aromatic heterocycles. The average molecular weight is 297 g/mol. The van der Waals surface area contributed by atoms with Gasteiger partial charge in [-0.25, -0.2) is 4.79 Å². The van der Waals surface area contributed by atoms with Gasteiger partial charge in [0.25, 0.3) is 0 Å². The molecule has 0 atom stereocenters. The highest BCUT2D eigenvalue weighted by molar-refractivity contribution is 5.75. The number of hydrogen-bond acceptors (Lipinski definition) is 3. The number of carbonyl (C=O) groups is 2. The minimum atomic E-state index is -0.822.